The molecule has 8 nitrogen and oxygen atoms in total. The molecule has 0 aliphatic carbocycles. The van der Waals surface area contributed by atoms with Crippen LogP contribution in [0.1, 0.15) is 28.1 Å². The van der Waals surface area contributed by atoms with Gasteiger partial charge in [-0.1, -0.05) is 53.6 Å². The van der Waals surface area contributed by atoms with Crippen LogP contribution >= 0.6 is 11.6 Å². The lowest BCUT2D eigenvalue weighted by Crippen LogP contribution is -2.44. The summed E-state index contributed by atoms with van der Waals surface area (Å²) in [4.78, 5) is 32.2. The van der Waals surface area contributed by atoms with Crippen molar-refractivity contribution < 1.29 is 14.0 Å². The summed E-state index contributed by atoms with van der Waals surface area (Å²) in [6, 6.07) is 22.6. The van der Waals surface area contributed by atoms with E-state index in [1.54, 1.807) is 42.7 Å². The molecule has 0 radical (unpaired) electrons. The Kier molecular flexibility index (Phi) is 8.22. The van der Waals surface area contributed by atoms with Gasteiger partial charge in [-0.05, 0) is 49.7 Å². The average molecular weight is 544 g/mol. The van der Waals surface area contributed by atoms with Gasteiger partial charge in [0.15, 0.2) is 5.82 Å². The van der Waals surface area contributed by atoms with Crippen LogP contribution in [0.2, 0.25) is 5.02 Å². The van der Waals surface area contributed by atoms with Crippen LogP contribution in [0, 0.1) is 6.92 Å². The standard InChI is InChI=1S/C30H30ClN5O3/c1-22-9-11-23(12-10-22)27-13-14-28(33-32-27)34-15-5-16-35(18-17-34)29(37)21-36(20-24-6-4-19-39-24)30(38)25-7-2-3-8-26(25)31/h2-4,6-14,19H,5,15-18,20-21H2,1H3. The molecule has 1 aliphatic rings. The zero-order chi connectivity index (χ0) is 27.2. The summed E-state index contributed by atoms with van der Waals surface area (Å²) in [5.74, 6) is 0.946. The number of hydrogen-bond donors (Lipinski definition) is 0. The molecule has 200 valence electrons. The van der Waals surface area contributed by atoms with Crippen LogP contribution in [0.4, 0.5) is 5.82 Å². The summed E-state index contributed by atoms with van der Waals surface area (Å²) in [5, 5.41) is 9.24. The van der Waals surface area contributed by atoms with Crippen LogP contribution in [-0.2, 0) is 11.3 Å². The summed E-state index contributed by atoms with van der Waals surface area (Å²) in [7, 11) is 0. The molecule has 0 N–H and O–H groups in total. The molecule has 0 spiro atoms. The molecule has 0 bridgehead atoms. The molecule has 5 rings (SSSR count). The first-order valence-corrected chi connectivity index (χ1v) is 13.4. The molecule has 0 atom stereocenters. The van der Waals surface area contributed by atoms with Crippen LogP contribution < -0.4 is 4.90 Å². The van der Waals surface area contributed by atoms with E-state index in [0.717, 1.165) is 30.0 Å². The Balaban J connectivity index is 1.24. The van der Waals surface area contributed by atoms with Gasteiger partial charge in [0.25, 0.3) is 5.91 Å². The number of aromatic nitrogens is 2. The van der Waals surface area contributed by atoms with Gasteiger partial charge in [0.1, 0.15) is 12.3 Å². The number of carbonyl (C=O) groups is 2. The molecular formula is C30H30ClN5O3. The van der Waals surface area contributed by atoms with Crippen molar-refractivity contribution in [1.29, 1.82) is 0 Å². The minimum absolute atomic E-state index is 0.0736. The Morgan fingerprint density at radius 2 is 1.74 bits per heavy atom. The molecular weight excluding hydrogens is 514 g/mol. The second kappa shape index (κ2) is 12.1. The molecule has 2 aromatic carbocycles. The molecule has 1 fully saturated rings. The highest BCUT2D eigenvalue weighted by Crippen LogP contribution is 2.21. The number of amides is 2. The Labute approximate surface area is 232 Å². The average Bonchev–Trinajstić information content (AvgIpc) is 3.34. The van der Waals surface area contributed by atoms with E-state index >= 15 is 0 Å². The number of benzene rings is 2. The normalized spacial score (nSPS) is 13.7. The zero-order valence-electron chi connectivity index (χ0n) is 21.8. The van der Waals surface area contributed by atoms with Gasteiger partial charge in [-0.3, -0.25) is 9.59 Å². The minimum Gasteiger partial charge on any atom is -0.467 e. The van der Waals surface area contributed by atoms with Crippen molar-refractivity contribution in [2.75, 3.05) is 37.6 Å². The predicted octanol–water partition coefficient (Wildman–Crippen LogP) is 5.08. The predicted molar refractivity (Wildman–Crippen MR) is 151 cm³/mol. The maximum absolute atomic E-state index is 13.4. The molecule has 1 saturated heterocycles. The number of halogens is 1. The number of rotatable bonds is 7. The molecule has 3 heterocycles. The number of furan rings is 1. The van der Waals surface area contributed by atoms with Gasteiger partial charge >= 0.3 is 0 Å². The molecule has 9 heteroatoms. The van der Waals surface area contributed by atoms with Gasteiger partial charge in [0.2, 0.25) is 5.91 Å². The van der Waals surface area contributed by atoms with Crippen LogP contribution in [-0.4, -0.2) is 64.5 Å². The third kappa shape index (κ3) is 6.46. The van der Waals surface area contributed by atoms with E-state index in [4.69, 9.17) is 16.0 Å². The lowest BCUT2D eigenvalue weighted by atomic mass is 10.1. The van der Waals surface area contributed by atoms with E-state index in [1.807, 2.05) is 29.2 Å². The molecule has 0 unspecified atom stereocenters. The Morgan fingerprint density at radius 1 is 0.923 bits per heavy atom. The van der Waals surface area contributed by atoms with Gasteiger partial charge in [0, 0.05) is 31.7 Å². The summed E-state index contributed by atoms with van der Waals surface area (Å²) in [5.41, 5.74) is 3.40. The van der Waals surface area contributed by atoms with Gasteiger partial charge in [-0.15, -0.1) is 10.2 Å². The molecule has 1 aliphatic heterocycles. The van der Waals surface area contributed by atoms with Crippen molar-refractivity contribution in [3.05, 3.63) is 101 Å². The fraction of sp³-hybridized carbons (Fsp3) is 0.267. The van der Waals surface area contributed by atoms with E-state index in [2.05, 4.69) is 34.2 Å². The first kappa shape index (κ1) is 26.4. The van der Waals surface area contributed by atoms with Gasteiger partial charge in [-0.25, -0.2) is 0 Å². The monoisotopic (exact) mass is 543 g/mol. The van der Waals surface area contributed by atoms with Gasteiger partial charge in [-0.2, -0.15) is 0 Å². The highest BCUT2D eigenvalue weighted by molar-refractivity contribution is 6.33. The second-order valence-electron chi connectivity index (χ2n) is 9.58. The van der Waals surface area contributed by atoms with E-state index in [1.165, 1.54) is 10.5 Å². The third-order valence-corrected chi connectivity index (χ3v) is 7.14. The maximum Gasteiger partial charge on any atom is 0.256 e. The third-order valence-electron chi connectivity index (χ3n) is 6.81. The number of hydrogen-bond acceptors (Lipinski definition) is 6. The number of anilines is 1. The minimum atomic E-state index is -0.314. The Hall–Kier alpha value is -4.17. The first-order chi connectivity index (χ1) is 19.0. The fourth-order valence-corrected chi connectivity index (χ4v) is 4.84. The summed E-state index contributed by atoms with van der Waals surface area (Å²) in [6.45, 7) is 4.66. The fourth-order valence-electron chi connectivity index (χ4n) is 4.63. The SMILES string of the molecule is Cc1ccc(-c2ccc(N3CCCN(C(=O)CN(Cc4ccco4)C(=O)c4ccccc4Cl)CC3)nn2)cc1. The second-order valence-corrected chi connectivity index (χ2v) is 9.99. The highest BCUT2D eigenvalue weighted by Gasteiger charge is 2.26. The van der Waals surface area contributed by atoms with Crippen molar-refractivity contribution in [3.8, 4) is 11.3 Å². The van der Waals surface area contributed by atoms with Crippen LogP contribution in [0.3, 0.4) is 0 Å². The van der Waals surface area contributed by atoms with E-state index in [0.29, 0.717) is 36.0 Å². The van der Waals surface area contributed by atoms with Gasteiger partial charge < -0.3 is 19.1 Å². The van der Waals surface area contributed by atoms with Crippen LogP contribution in [0.15, 0.2) is 83.5 Å². The molecule has 0 saturated carbocycles. The highest BCUT2D eigenvalue weighted by atomic mass is 35.5. The van der Waals surface area contributed by atoms with E-state index in [-0.39, 0.29) is 24.9 Å². The maximum atomic E-state index is 13.4. The molecule has 2 aromatic heterocycles. The lowest BCUT2D eigenvalue weighted by Gasteiger charge is -2.27. The van der Waals surface area contributed by atoms with Crippen LogP contribution in [0.5, 0.6) is 0 Å². The van der Waals surface area contributed by atoms with Crippen molar-refractivity contribution in [2.45, 2.75) is 19.9 Å². The number of nitrogens with zero attached hydrogens (tertiary/aromatic N) is 5. The molecule has 2 amide bonds. The molecule has 39 heavy (non-hydrogen) atoms. The summed E-state index contributed by atoms with van der Waals surface area (Å²) in [6.07, 6.45) is 2.33. The van der Waals surface area contributed by atoms with Crippen molar-refractivity contribution in [2.24, 2.45) is 0 Å². The smallest absolute Gasteiger partial charge is 0.256 e. The van der Waals surface area contributed by atoms with Crippen molar-refractivity contribution in [1.82, 2.24) is 20.0 Å². The van der Waals surface area contributed by atoms with Crippen molar-refractivity contribution >= 4 is 29.2 Å². The van der Waals surface area contributed by atoms with Crippen molar-refractivity contribution in [3.63, 3.8) is 0 Å². The number of carbonyl (C=O) groups excluding carboxylic acids is 2. The summed E-state index contributed by atoms with van der Waals surface area (Å²) < 4.78 is 5.46. The topological polar surface area (TPSA) is 82.8 Å². The molecule has 4 aromatic rings. The first-order valence-electron chi connectivity index (χ1n) is 13.0. The largest absolute Gasteiger partial charge is 0.467 e. The number of aryl methyl sites for hydroxylation is 1. The van der Waals surface area contributed by atoms with Gasteiger partial charge in [0.05, 0.1) is 29.1 Å². The Morgan fingerprint density at radius 3 is 2.46 bits per heavy atom. The quantitative estimate of drug-likeness (QED) is 0.323. The lowest BCUT2D eigenvalue weighted by molar-refractivity contribution is -0.131. The van der Waals surface area contributed by atoms with E-state index < -0.39 is 0 Å². The zero-order valence-corrected chi connectivity index (χ0v) is 22.6. The van der Waals surface area contributed by atoms with Crippen LogP contribution in [0.25, 0.3) is 11.3 Å². The summed E-state index contributed by atoms with van der Waals surface area (Å²) >= 11 is 6.29. The van der Waals surface area contributed by atoms with E-state index in [9.17, 15) is 9.59 Å². The Bertz CT molecular complexity index is 1410.